The Morgan fingerprint density at radius 3 is 2.93 bits per heavy atom. The molecule has 0 atom stereocenters. The number of nitrogens with zero attached hydrogens (tertiary/aromatic N) is 2. The second-order valence-electron chi connectivity index (χ2n) is 2.64. The molecule has 1 rings (SSSR count). The van der Waals surface area contributed by atoms with Crippen LogP contribution in [0.5, 0.6) is 11.5 Å². The van der Waals surface area contributed by atoms with E-state index >= 15 is 0 Å². The Labute approximate surface area is 87.7 Å². The lowest BCUT2D eigenvalue weighted by Crippen LogP contribution is -1.98. The van der Waals surface area contributed by atoms with E-state index in [-0.39, 0.29) is 6.61 Å². The maximum absolute atomic E-state index is 8.40. The standard InChI is InChI=1S/C10H11N3O2/c1-14-9-3-2-8(7-13-12)6-10(9)15-5-4-11/h2-3,6-7H,5,12H2,1H3. The molecule has 0 aliphatic carbocycles. The molecule has 0 saturated carbocycles. The van der Waals surface area contributed by atoms with E-state index in [1.807, 2.05) is 6.07 Å². The van der Waals surface area contributed by atoms with Crippen LogP contribution in [0.4, 0.5) is 0 Å². The Morgan fingerprint density at radius 2 is 2.33 bits per heavy atom. The first-order valence-electron chi connectivity index (χ1n) is 4.23. The van der Waals surface area contributed by atoms with E-state index in [1.54, 1.807) is 18.2 Å². The molecule has 78 valence electrons. The number of methoxy groups -OCH3 is 1. The number of benzene rings is 1. The molecule has 0 heterocycles. The van der Waals surface area contributed by atoms with Crippen LogP contribution >= 0.6 is 0 Å². The summed E-state index contributed by atoms with van der Waals surface area (Å²) in [5.41, 5.74) is 0.784. The Bertz CT molecular complexity index is 396. The van der Waals surface area contributed by atoms with Gasteiger partial charge in [0.05, 0.1) is 13.3 Å². The van der Waals surface area contributed by atoms with Crippen molar-refractivity contribution in [1.82, 2.24) is 0 Å². The first-order valence-corrected chi connectivity index (χ1v) is 4.23. The third-order valence-corrected chi connectivity index (χ3v) is 1.70. The minimum atomic E-state index is -0.0282. The van der Waals surface area contributed by atoms with Crippen LogP contribution in [-0.4, -0.2) is 19.9 Å². The molecular formula is C10H11N3O2. The summed E-state index contributed by atoms with van der Waals surface area (Å²) < 4.78 is 10.2. The fourth-order valence-electron chi connectivity index (χ4n) is 1.08. The van der Waals surface area contributed by atoms with Crippen LogP contribution in [0.2, 0.25) is 0 Å². The second kappa shape index (κ2) is 5.50. The van der Waals surface area contributed by atoms with Gasteiger partial charge in [-0.1, -0.05) is 0 Å². The molecule has 0 unspecified atom stereocenters. The van der Waals surface area contributed by atoms with Crippen molar-refractivity contribution in [3.05, 3.63) is 23.8 Å². The van der Waals surface area contributed by atoms with Crippen molar-refractivity contribution in [3.8, 4) is 17.6 Å². The van der Waals surface area contributed by atoms with Crippen molar-refractivity contribution in [2.45, 2.75) is 0 Å². The molecule has 15 heavy (non-hydrogen) atoms. The van der Waals surface area contributed by atoms with Crippen LogP contribution in [0.25, 0.3) is 0 Å². The lowest BCUT2D eigenvalue weighted by Gasteiger charge is -2.08. The summed E-state index contributed by atoms with van der Waals surface area (Å²) >= 11 is 0. The van der Waals surface area contributed by atoms with E-state index in [4.69, 9.17) is 20.6 Å². The van der Waals surface area contributed by atoms with Crippen molar-refractivity contribution < 1.29 is 9.47 Å². The van der Waals surface area contributed by atoms with Gasteiger partial charge in [0.25, 0.3) is 0 Å². The lowest BCUT2D eigenvalue weighted by molar-refractivity contribution is 0.329. The largest absolute Gasteiger partial charge is 0.493 e. The van der Waals surface area contributed by atoms with Crippen LogP contribution in [-0.2, 0) is 0 Å². The monoisotopic (exact) mass is 205 g/mol. The van der Waals surface area contributed by atoms with Gasteiger partial charge in [-0.15, -0.1) is 0 Å². The molecule has 1 aromatic carbocycles. The molecule has 0 fully saturated rings. The minimum absolute atomic E-state index is 0.0282. The molecule has 0 saturated heterocycles. The van der Waals surface area contributed by atoms with Crippen LogP contribution in [0.15, 0.2) is 23.3 Å². The molecule has 0 radical (unpaired) electrons. The number of nitriles is 1. The van der Waals surface area contributed by atoms with Crippen molar-refractivity contribution >= 4 is 6.21 Å². The second-order valence-corrected chi connectivity index (χ2v) is 2.64. The average Bonchev–Trinajstić information content (AvgIpc) is 2.27. The predicted molar refractivity (Wildman–Crippen MR) is 55.9 cm³/mol. The van der Waals surface area contributed by atoms with Gasteiger partial charge in [-0.25, -0.2) is 0 Å². The van der Waals surface area contributed by atoms with Gasteiger partial charge < -0.3 is 15.3 Å². The maximum Gasteiger partial charge on any atom is 0.174 e. The van der Waals surface area contributed by atoms with Gasteiger partial charge in [-0.3, -0.25) is 0 Å². The lowest BCUT2D eigenvalue weighted by atomic mass is 10.2. The van der Waals surface area contributed by atoms with Gasteiger partial charge in [0.1, 0.15) is 6.07 Å². The van der Waals surface area contributed by atoms with E-state index in [0.717, 1.165) is 5.56 Å². The maximum atomic E-state index is 8.40. The van der Waals surface area contributed by atoms with Gasteiger partial charge in [0.2, 0.25) is 0 Å². The highest BCUT2D eigenvalue weighted by molar-refractivity contribution is 5.80. The average molecular weight is 205 g/mol. The van der Waals surface area contributed by atoms with Crippen LogP contribution in [0, 0.1) is 11.3 Å². The van der Waals surface area contributed by atoms with Crippen LogP contribution in [0.3, 0.4) is 0 Å². The smallest absolute Gasteiger partial charge is 0.174 e. The number of ether oxygens (including phenoxy) is 2. The van der Waals surface area contributed by atoms with Crippen LogP contribution in [0.1, 0.15) is 5.56 Å². The van der Waals surface area contributed by atoms with Gasteiger partial charge in [0.15, 0.2) is 18.1 Å². The number of hydrogen-bond donors (Lipinski definition) is 1. The summed E-state index contributed by atoms with van der Waals surface area (Å²) in [5.74, 6) is 6.09. The fourth-order valence-corrected chi connectivity index (χ4v) is 1.08. The molecule has 0 aromatic heterocycles. The quantitative estimate of drug-likeness (QED) is 0.449. The van der Waals surface area contributed by atoms with E-state index in [2.05, 4.69) is 5.10 Å². The minimum Gasteiger partial charge on any atom is -0.493 e. The van der Waals surface area contributed by atoms with Crippen molar-refractivity contribution in [1.29, 1.82) is 5.26 Å². The Morgan fingerprint density at radius 1 is 1.53 bits per heavy atom. The summed E-state index contributed by atoms with van der Waals surface area (Å²) in [6, 6.07) is 7.10. The SMILES string of the molecule is COc1ccc(C=NN)cc1OCC#N. The van der Waals surface area contributed by atoms with Crippen molar-refractivity contribution in [3.63, 3.8) is 0 Å². The Balaban J connectivity index is 2.97. The number of rotatable bonds is 4. The highest BCUT2D eigenvalue weighted by atomic mass is 16.5. The van der Waals surface area contributed by atoms with Crippen LogP contribution < -0.4 is 15.3 Å². The zero-order valence-electron chi connectivity index (χ0n) is 8.30. The van der Waals surface area contributed by atoms with Crippen molar-refractivity contribution in [2.75, 3.05) is 13.7 Å². The summed E-state index contributed by atoms with van der Waals surface area (Å²) in [7, 11) is 1.53. The summed E-state index contributed by atoms with van der Waals surface area (Å²) in [6.07, 6.45) is 1.48. The Hall–Kier alpha value is -2.22. The van der Waals surface area contributed by atoms with E-state index in [9.17, 15) is 0 Å². The summed E-state index contributed by atoms with van der Waals surface area (Å²) in [5, 5.41) is 11.8. The molecule has 1 aromatic rings. The zero-order valence-corrected chi connectivity index (χ0v) is 8.30. The van der Waals surface area contributed by atoms with Crippen molar-refractivity contribution in [2.24, 2.45) is 10.9 Å². The number of hydrogen-bond acceptors (Lipinski definition) is 5. The normalized spacial score (nSPS) is 9.87. The third kappa shape index (κ3) is 2.88. The fraction of sp³-hybridized carbons (Fsp3) is 0.200. The van der Waals surface area contributed by atoms with Gasteiger partial charge in [0, 0.05) is 0 Å². The molecule has 0 spiro atoms. The highest BCUT2D eigenvalue weighted by Crippen LogP contribution is 2.27. The number of hydrazone groups is 1. The molecular weight excluding hydrogens is 194 g/mol. The van der Waals surface area contributed by atoms with E-state index in [0.29, 0.717) is 11.5 Å². The first-order chi connectivity index (χ1) is 7.31. The molecule has 0 aliphatic rings. The topological polar surface area (TPSA) is 80.6 Å². The number of nitrogens with two attached hydrogens (primary N) is 1. The molecule has 5 heteroatoms. The van der Waals surface area contributed by atoms with Gasteiger partial charge >= 0.3 is 0 Å². The van der Waals surface area contributed by atoms with E-state index in [1.165, 1.54) is 13.3 Å². The van der Waals surface area contributed by atoms with E-state index < -0.39 is 0 Å². The Kier molecular flexibility index (Phi) is 3.98. The highest BCUT2D eigenvalue weighted by Gasteiger charge is 2.04. The zero-order chi connectivity index (χ0) is 11.1. The van der Waals surface area contributed by atoms with Gasteiger partial charge in [-0.2, -0.15) is 10.4 Å². The first kappa shape index (κ1) is 10.9. The molecule has 2 N–H and O–H groups in total. The molecule has 0 bridgehead atoms. The molecule has 0 amide bonds. The summed E-state index contributed by atoms with van der Waals surface area (Å²) in [4.78, 5) is 0. The molecule has 0 aliphatic heterocycles. The molecule has 5 nitrogen and oxygen atoms in total. The predicted octanol–water partition coefficient (Wildman–Crippen LogP) is 0.890. The summed E-state index contributed by atoms with van der Waals surface area (Å²) in [6.45, 7) is -0.0282. The third-order valence-electron chi connectivity index (χ3n) is 1.70. The van der Waals surface area contributed by atoms with Gasteiger partial charge in [-0.05, 0) is 23.8 Å².